The van der Waals surface area contributed by atoms with Gasteiger partial charge in [-0.05, 0) is 45.3 Å². The van der Waals surface area contributed by atoms with Crippen LogP contribution in [0.15, 0.2) is 224 Å². The molecule has 0 N–H and O–H groups in total. The van der Waals surface area contributed by atoms with Gasteiger partial charge in [0.05, 0.1) is 11.2 Å². The molecule has 0 atom stereocenters. The number of benzene rings is 8. The van der Waals surface area contributed by atoms with Gasteiger partial charge in [0.15, 0.2) is 17.5 Å². The molecule has 11 aromatic rings. The summed E-state index contributed by atoms with van der Waals surface area (Å²) in [5.74, 6) is 1.88. The van der Waals surface area contributed by atoms with Crippen molar-refractivity contribution >= 4 is 16.3 Å². The van der Waals surface area contributed by atoms with Crippen LogP contribution in [0.4, 0.5) is 0 Å². The minimum absolute atomic E-state index is 0.617. The molecule has 0 spiro atoms. The van der Waals surface area contributed by atoms with Crippen LogP contribution in [0.1, 0.15) is 0 Å². The molecule has 0 fully saturated rings. The van der Waals surface area contributed by atoms with Gasteiger partial charge >= 0.3 is 0 Å². The summed E-state index contributed by atoms with van der Waals surface area (Å²) < 4.78 is 2.15. The number of rotatable bonds is 8. The van der Waals surface area contributed by atoms with Crippen molar-refractivity contribution in [2.75, 3.05) is 0 Å². The van der Waals surface area contributed by atoms with E-state index in [-0.39, 0.29) is 0 Å². The highest BCUT2D eigenvalue weighted by Gasteiger charge is 2.23. The first-order chi connectivity index (χ1) is 30.2. The lowest BCUT2D eigenvalue weighted by Gasteiger charge is -2.14. The molecule has 0 radical (unpaired) electrons. The molecule has 11 rings (SSSR count). The zero-order valence-electron chi connectivity index (χ0n) is 33.1. The minimum atomic E-state index is 0.617. The van der Waals surface area contributed by atoms with E-state index in [1.54, 1.807) is 0 Å². The van der Waals surface area contributed by atoms with Crippen molar-refractivity contribution in [2.45, 2.75) is 0 Å². The van der Waals surface area contributed by atoms with Crippen LogP contribution in [0.3, 0.4) is 0 Å². The van der Waals surface area contributed by atoms with Gasteiger partial charge in [-0.25, -0.2) is 19.5 Å². The predicted octanol–water partition coefficient (Wildman–Crippen LogP) is 14.0. The smallest absolute Gasteiger partial charge is 0.164 e. The molecule has 5 heteroatoms. The topological polar surface area (TPSA) is 56.0 Å². The monoisotopic (exact) mass is 779 g/mol. The third kappa shape index (κ3) is 6.74. The molecular weight excluding hydrogens is 743 g/mol. The fourth-order valence-corrected chi connectivity index (χ4v) is 8.33. The second-order valence-electron chi connectivity index (χ2n) is 15.1. The molecule has 286 valence electrons. The van der Waals surface area contributed by atoms with Crippen LogP contribution in [-0.4, -0.2) is 24.6 Å². The minimum Gasteiger partial charge on any atom is -0.231 e. The van der Waals surface area contributed by atoms with Crippen molar-refractivity contribution in [3.8, 4) is 90.1 Å². The first kappa shape index (κ1) is 35.8. The van der Waals surface area contributed by atoms with Crippen molar-refractivity contribution in [2.24, 2.45) is 0 Å². The molecule has 0 aliphatic rings. The van der Waals surface area contributed by atoms with Crippen molar-refractivity contribution in [1.82, 2.24) is 24.6 Å². The highest BCUT2D eigenvalue weighted by Crippen LogP contribution is 2.43. The Morgan fingerprint density at radius 2 is 0.754 bits per heavy atom. The fourth-order valence-electron chi connectivity index (χ4n) is 8.33. The summed E-state index contributed by atoms with van der Waals surface area (Å²) in [5, 5.41) is 7.68. The van der Waals surface area contributed by atoms with E-state index in [1.807, 2.05) is 36.4 Å². The summed E-state index contributed by atoms with van der Waals surface area (Å²) in [4.78, 5) is 15.2. The summed E-state index contributed by atoms with van der Waals surface area (Å²) in [6, 6.07) is 78.1. The normalized spacial score (nSPS) is 11.3. The lowest BCUT2D eigenvalue weighted by Crippen LogP contribution is -2.00. The summed E-state index contributed by atoms with van der Waals surface area (Å²) in [6.07, 6.45) is 0. The molecule has 0 aliphatic heterocycles. The predicted molar refractivity (Wildman–Crippen MR) is 250 cm³/mol. The molecule has 0 amide bonds. The maximum Gasteiger partial charge on any atom is 0.164 e. The lowest BCUT2D eigenvalue weighted by molar-refractivity contribution is 0.979. The zero-order chi connectivity index (χ0) is 40.5. The maximum absolute atomic E-state index is 5.41. The van der Waals surface area contributed by atoms with Gasteiger partial charge in [0.2, 0.25) is 0 Å². The number of nitrogens with zero attached hydrogens (tertiary/aromatic N) is 5. The van der Waals surface area contributed by atoms with Gasteiger partial charge in [-0.15, -0.1) is 0 Å². The van der Waals surface area contributed by atoms with Crippen LogP contribution in [0.25, 0.3) is 106 Å². The number of pyridine rings is 1. The third-order valence-corrected chi connectivity index (χ3v) is 11.3. The van der Waals surface area contributed by atoms with E-state index in [4.69, 9.17) is 20.1 Å². The first-order valence-corrected chi connectivity index (χ1v) is 20.5. The molecule has 0 saturated carbocycles. The zero-order valence-corrected chi connectivity index (χ0v) is 33.1. The van der Waals surface area contributed by atoms with E-state index in [1.165, 1.54) is 0 Å². The second-order valence-corrected chi connectivity index (χ2v) is 15.1. The SMILES string of the molecule is c1ccc(-c2cccc(-c3nc(-c4ccccc4)nc(-c4ccc(-c5cccc6c5cc(-c5ccccc5)n5nc(-c7ccccc7)c(-c7ccccc7)c65)cc4)n3)c2)cc1. The third-order valence-electron chi connectivity index (χ3n) is 11.3. The molecule has 8 aromatic carbocycles. The van der Waals surface area contributed by atoms with Gasteiger partial charge < -0.3 is 0 Å². The van der Waals surface area contributed by atoms with Crippen LogP contribution in [-0.2, 0) is 0 Å². The Balaban J connectivity index is 1.08. The summed E-state index contributed by atoms with van der Waals surface area (Å²) in [6.45, 7) is 0. The van der Waals surface area contributed by atoms with Crippen molar-refractivity contribution in [3.63, 3.8) is 0 Å². The van der Waals surface area contributed by atoms with E-state index in [0.29, 0.717) is 17.5 Å². The summed E-state index contributed by atoms with van der Waals surface area (Å²) in [5.41, 5.74) is 14.7. The van der Waals surface area contributed by atoms with Crippen LogP contribution >= 0.6 is 0 Å². The van der Waals surface area contributed by atoms with Crippen LogP contribution < -0.4 is 0 Å². The van der Waals surface area contributed by atoms with E-state index in [9.17, 15) is 0 Å². The highest BCUT2D eigenvalue weighted by atomic mass is 15.2. The number of hydrogen-bond acceptors (Lipinski definition) is 4. The Morgan fingerprint density at radius 1 is 0.295 bits per heavy atom. The highest BCUT2D eigenvalue weighted by molar-refractivity contribution is 6.12. The number of hydrogen-bond donors (Lipinski definition) is 0. The first-order valence-electron chi connectivity index (χ1n) is 20.5. The Bertz CT molecular complexity index is 3310. The summed E-state index contributed by atoms with van der Waals surface area (Å²) in [7, 11) is 0. The number of aromatic nitrogens is 5. The summed E-state index contributed by atoms with van der Waals surface area (Å²) >= 11 is 0. The molecule has 5 nitrogen and oxygen atoms in total. The molecule has 0 saturated heterocycles. The Labute approximate surface area is 354 Å². The van der Waals surface area contributed by atoms with Crippen molar-refractivity contribution in [3.05, 3.63) is 224 Å². The van der Waals surface area contributed by atoms with E-state index in [2.05, 4.69) is 193 Å². The molecule has 0 unspecified atom stereocenters. The molecule has 3 aromatic heterocycles. The van der Waals surface area contributed by atoms with Crippen molar-refractivity contribution in [1.29, 1.82) is 0 Å². The van der Waals surface area contributed by atoms with Crippen LogP contribution in [0.5, 0.6) is 0 Å². The van der Waals surface area contributed by atoms with E-state index in [0.717, 1.165) is 88.9 Å². The largest absolute Gasteiger partial charge is 0.231 e. The van der Waals surface area contributed by atoms with Gasteiger partial charge in [-0.3, -0.25) is 0 Å². The van der Waals surface area contributed by atoms with Crippen molar-refractivity contribution < 1.29 is 0 Å². The molecule has 0 bridgehead atoms. The van der Waals surface area contributed by atoms with E-state index >= 15 is 0 Å². The molecule has 61 heavy (non-hydrogen) atoms. The van der Waals surface area contributed by atoms with Gasteiger partial charge in [-0.1, -0.05) is 212 Å². The molecule has 3 heterocycles. The van der Waals surface area contributed by atoms with Gasteiger partial charge in [0, 0.05) is 38.8 Å². The number of fused-ring (bicyclic) bond motifs is 3. The van der Waals surface area contributed by atoms with Crippen LogP contribution in [0, 0.1) is 0 Å². The quantitative estimate of drug-likeness (QED) is 0.154. The average molecular weight is 780 g/mol. The van der Waals surface area contributed by atoms with E-state index < -0.39 is 0 Å². The Morgan fingerprint density at radius 3 is 1.38 bits per heavy atom. The lowest BCUT2D eigenvalue weighted by atomic mass is 9.93. The van der Waals surface area contributed by atoms with Gasteiger partial charge in [0.1, 0.15) is 5.69 Å². The average Bonchev–Trinajstić information content (AvgIpc) is 3.76. The van der Waals surface area contributed by atoms with Gasteiger partial charge in [0.25, 0.3) is 0 Å². The molecule has 0 aliphatic carbocycles. The molecular formula is C56H37N5. The Hall–Kier alpha value is -8.28. The Kier molecular flexibility index (Phi) is 9.10. The van der Waals surface area contributed by atoms with Crippen LogP contribution in [0.2, 0.25) is 0 Å². The standard InChI is InChI=1S/C56H37N5/c1-6-18-38(19-7-1)45-28-16-29-46(36-45)56-58-54(43-26-14-5-15-27-43)57-55(59-56)44-34-32-39(33-35-44)47-30-17-31-48-49(47)37-50(40-20-8-2-9-21-40)61-53(48)51(41-22-10-3-11-23-41)52(60-61)42-24-12-4-13-25-42/h1-37H. The second kappa shape index (κ2) is 15.5. The van der Waals surface area contributed by atoms with Gasteiger partial charge in [-0.2, -0.15) is 5.10 Å². The maximum atomic E-state index is 5.41. The fraction of sp³-hybridized carbons (Fsp3) is 0.